The summed E-state index contributed by atoms with van der Waals surface area (Å²) < 4.78 is 25.2. The number of likely N-dealkylation sites (tertiary alicyclic amines) is 1. The number of hydrogen-bond acceptors (Lipinski definition) is 3. The summed E-state index contributed by atoms with van der Waals surface area (Å²) in [5, 5.41) is 3.46. The zero-order valence-corrected chi connectivity index (χ0v) is 12.4. The van der Waals surface area contributed by atoms with Gasteiger partial charge in [-0.15, -0.1) is 0 Å². The number of halogens is 2. The summed E-state index contributed by atoms with van der Waals surface area (Å²) in [5.41, 5.74) is 0.840. The zero-order valence-electron chi connectivity index (χ0n) is 11.6. The van der Waals surface area contributed by atoms with Crippen LogP contribution < -0.4 is 5.32 Å². The second-order valence-corrected chi connectivity index (χ2v) is 6.76. The average molecular weight is 298 g/mol. The molecule has 1 aromatic carbocycles. The van der Waals surface area contributed by atoms with Gasteiger partial charge in [0.15, 0.2) is 0 Å². The monoisotopic (exact) mass is 298 g/mol. The third kappa shape index (κ3) is 3.26. The van der Waals surface area contributed by atoms with Crippen molar-refractivity contribution in [2.75, 3.05) is 11.9 Å². The number of alkyl halides is 2. The number of hydrogen-bond donors (Lipinski definition) is 1. The Morgan fingerprint density at radius 1 is 1.30 bits per heavy atom. The Labute approximate surface area is 122 Å². The van der Waals surface area contributed by atoms with E-state index in [1.165, 1.54) is 12.8 Å². The highest BCUT2D eigenvalue weighted by Crippen LogP contribution is 2.36. The SMILES string of the molecule is CC1CC(Nc2ccccc2SC(F)F)CN1C1CC1. The summed E-state index contributed by atoms with van der Waals surface area (Å²) in [6.07, 6.45) is 3.72. The van der Waals surface area contributed by atoms with E-state index in [2.05, 4.69) is 17.1 Å². The Kier molecular flexibility index (Phi) is 4.17. The van der Waals surface area contributed by atoms with Crippen LogP contribution in [0.15, 0.2) is 29.2 Å². The Bertz CT molecular complexity index is 465. The Balaban J connectivity index is 1.66. The molecule has 1 heterocycles. The fourth-order valence-electron chi connectivity index (χ4n) is 3.08. The van der Waals surface area contributed by atoms with Crippen LogP contribution in [0.2, 0.25) is 0 Å². The number of nitrogens with one attached hydrogen (secondary N) is 1. The van der Waals surface area contributed by atoms with Gasteiger partial charge in [0.05, 0.1) is 0 Å². The first-order valence-corrected chi connectivity index (χ1v) is 8.07. The molecule has 0 spiro atoms. The Morgan fingerprint density at radius 3 is 2.75 bits per heavy atom. The van der Waals surface area contributed by atoms with Crippen molar-refractivity contribution in [2.24, 2.45) is 0 Å². The molecule has 3 rings (SSSR count). The topological polar surface area (TPSA) is 15.3 Å². The third-order valence-electron chi connectivity index (χ3n) is 4.10. The van der Waals surface area contributed by atoms with E-state index in [0.717, 1.165) is 24.7 Å². The lowest BCUT2D eigenvalue weighted by Crippen LogP contribution is -2.31. The van der Waals surface area contributed by atoms with Crippen LogP contribution in [0.25, 0.3) is 0 Å². The van der Waals surface area contributed by atoms with Gasteiger partial charge in [0.2, 0.25) is 0 Å². The molecule has 0 aromatic heterocycles. The molecular weight excluding hydrogens is 278 g/mol. The van der Waals surface area contributed by atoms with Crippen LogP contribution in [-0.4, -0.2) is 35.3 Å². The third-order valence-corrected chi connectivity index (χ3v) is 4.89. The summed E-state index contributed by atoms with van der Waals surface area (Å²) in [4.78, 5) is 3.19. The van der Waals surface area contributed by atoms with Crippen LogP contribution in [0, 0.1) is 0 Å². The van der Waals surface area contributed by atoms with E-state index in [1.54, 1.807) is 6.07 Å². The van der Waals surface area contributed by atoms with E-state index in [1.807, 2.05) is 18.2 Å². The first-order chi connectivity index (χ1) is 9.63. The summed E-state index contributed by atoms with van der Waals surface area (Å²) in [6.45, 7) is 3.29. The van der Waals surface area contributed by atoms with Crippen molar-refractivity contribution < 1.29 is 8.78 Å². The van der Waals surface area contributed by atoms with E-state index >= 15 is 0 Å². The Hall–Kier alpha value is -0.810. The summed E-state index contributed by atoms with van der Waals surface area (Å²) in [6, 6.07) is 9.09. The molecule has 0 amide bonds. The lowest BCUT2D eigenvalue weighted by atomic mass is 10.2. The quantitative estimate of drug-likeness (QED) is 0.826. The van der Waals surface area contributed by atoms with Gasteiger partial charge in [-0.05, 0) is 38.3 Å². The zero-order chi connectivity index (χ0) is 14.1. The van der Waals surface area contributed by atoms with Crippen LogP contribution in [0.4, 0.5) is 14.5 Å². The van der Waals surface area contributed by atoms with Crippen molar-refractivity contribution >= 4 is 17.4 Å². The first-order valence-electron chi connectivity index (χ1n) is 7.19. The molecule has 2 fully saturated rings. The number of rotatable bonds is 5. The minimum absolute atomic E-state index is 0.366. The lowest BCUT2D eigenvalue weighted by molar-refractivity contribution is 0.252. The molecule has 2 atom stereocenters. The molecule has 1 N–H and O–H groups in total. The minimum atomic E-state index is -2.37. The van der Waals surface area contributed by atoms with Crippen molar-refractivity contribution in [3.63, 3.8) is 0 Å². The molecular formula is C15H20F2N2S. The van der Waals surface area contributed by atoms with Crippen molar-refractivity contribution in [1.82, 2.24) is 4.90 Å². The predicted octanol–water partition coefficient (Wildman–Crippen LogP) is 4.04. The maximum Gasteiger partial charge on any atom is 0.288 e. The van der Waals surface area contributed by atoms with Crippen molar-refractivity contribution in [1.29, 1.82) is 0 Å². The standard InChI is InChI=1S/C15H20F2N2S/c1-10-8-11(9-19(10)12-6-7-12)18-13-4-2-3-5-14(13)20-15(16)17/h2-5,10-12,15,18H,6-9H2,1H3. The number of benzene rings is 1. The minimum Gasteiger partial charge on any atom is -0.380 e. The first kappa shape index (κ1) is 14.1. The number of nitrogens with zero attached hydrogens (tertiary/aromatic N) is 1. The molecule has 1 saturated carbocycles. The fraction of sp³-hybridized carbons (Fsp3) is 0.600. The molecule has 2 aliphatic rings. The van der Waals surface area contributed by atoms with Gasteiger partial charge in [-0.1, -0.05) is 23.9 Å². The van der Waals surface area contributed by atoms with Gasteiger partial charge in [0.25, 0.3) is 5.76 Å². The van der Waals surface area contributed by atoms with Crippen LogP contribution >= 0.6 is 11.8 Å². The molecule has 1 aliphatic carbocycles. The van der Waals surface area contributed by atoms with Gasteiger partial charge in [-0.2, -0.15) is 8.78 Å². The normalized spacial score (nSPS) is 27.2. The van der Waals surface area contributed by atoms with Crippen LogP contribution in [-0.2, 0) is 0 Å². The maximum atomic E-state index is 12.6. The maximum absolute atomic E-state index is 12.6. The second kappa shape index (κ2) is 5.90. The molecule has 0 radical (unpaired) electrons. The van der Waals surface area contributed by atoms with Gasteiger partial charge in [0.1, 0.15) is 0 Å². The molecule has 2 unspecified atom stereocenters. The van der Waals surface area contributed by atoms with Crippen molar-refractivity contribution in [3.05, 3.63) is 24.3 Å². The van der Waals surface area contributed by atoms with Crippen molar-refractivity contribution in [2.45, 2.75) is 55.0 Å². The summed E-state index contributed by atoms with van der Waals surface area (Å²) in [7, 11) is 0. The van der Waals surface area contributed by atoms with Crippen molar-refractivity contribution in [3.8, 4) is 0 Å². The molecule has 5 heteroatoms. The van der Waals surface area contributed by atoms with Gasteiger partial charge in [0, 0.05) is 35.3 Å². The number of anilines is 1. The van der Waals surface area contributed by atoms with Crippen LogP contribution in [0.3, 0.4) is 0 Å². The highest BCUT2D eigenvalue weighted by molar-refractivity contribution is 7.99. The number of para-hydroxylation sites is 1. The van der Waals surface area contributed by atoms with Gasteiger partial charge >= 0.3 is 0 Å². The van der Waals surface area contributed by atoms with Gasteiger partial charge in [-0.3, -0.25) is 4.90 Å². The van der Waals surface area contributed by atoms with E-state index < -0.39 is 5.76 Å². The largest absolute Gasteiger partial charge is 0.380 e. The van der Waals surface area contributed by atoms with Gasteiger partial charge in [-0.25, -0.2) is 0 Å². The molecule has 2 nitrogen and oxygen atoms in total. The average Bonchev–Trinajstić information content (AvgIpc) is 3.16. The van der Waals surface area contributed by atoms with E-state index in [9.17, 15) is 8.78 Å². The predicted molar refractivity (Wildman–Crippen MR) is 79.5 cm³/mol. The summed E-state index contributed by atoms with van der Waals surface area (Å²) >= 11 is 0.619. The van der Waals surface area contributed by atoms with Crippen LogP contribution in [0.1, 0.15) is 26.2 Å². The summed E-state index contributed by atoms with van der Waals surface area (Å²) in [5.74, 6) is -2.37. The number of thioether (sulfide) groups is 1. The molecule has 1 aliphatic heterocycles. The van der Waals surface area contributed by atoms with E-state index in [-0.39, 0.29) is 0 Å². The smallest absolute Gasteiger partial charge is 0.288 e. The lowest BCUT2D eigenvalue weighted by Gasteiger charge is -2.20. The van der Waals surface area contributed by atoms with Gasteiger partial charge < -0.3 is 5.32 Å². The molecule has 1 saturated heterocycles. The fourth-order valence-corrected chi connectivity index (χ4v) is 3.68. The highest BCUT2D eigenvalue weighted by Gasteiger charge is 2.38. The van der Waals surface area contributed by atoms with E-state index in [0.29, 0.717) is 28.7 Å². The molecule has 20 heavy (non-hydrogen) atoms. The van der Waals surface area contributed by atoms with Crippen LogP contribution in [0.5, 0.6) is 0 Å². The Morgan fingerprint density at radius 2 is 2.05 bits per heavy atom. The van der Waals surface area contributed by atoms with E-state index in [4.69, 9.17) is 0 Å². The molecule has 1 aromatic rings. The molecule has 0 bridgehead atoms. The highest BCUT2D eigenvalue weighted by atomic mass is 32.2. The molecule has 110 valence electrons. The second-order valence-electron chi connectivity index (χ2n) is 5.73.